The standard InChI is InChI=1S/C11H22N2O/c1-4-9(5-2)12-8(3)11(14)13-10-6-7-10/h8-10,12H,4-7H2,1-3H3,(H,13,14). The van der Waals surface area contributed by atoms with Gasteiger partial charge in [0, 0.05) is 12.1 Å². The minimum Gasteiger partial charge on any atom is -0.352 e. The van der Waals surface area contributed by atoms with Gasteiger partial charge in [-0.25, -0.2) is 0 Å². The second-order valence-corrected chi connectivity index (χ2v) is 4.18. The maximum atomic E-state index is 11.6. The Morgan fingerprint density at radius 2 is 1.93 bits per heavy atom. The quantitative estimate of drug-likeness (QED) is 0.678. The molecule has 0 radical (unpaired) electrons. The van der Waals surface area contributed by atoms with Crippen LogP contribution in [0.1, 0.15) is 46.5 Å². The first kappa shape index (κ1) is 11.5. The van der Waals surface area contributed by atoms with E-state index in [2.05, 4.69) is 24.5 Å². The SMILES string of the molecule is CCC(CC)NC(C)C(=O)NC1CC1. The Hall–Kier alpha value is -0.570. The Morgan fingerprint density at radius 3 is 2.36 bits per heavy atom. The van der Waals surface area contributed by atoms with Crippen LogP contribution in [0.4, 0.5) is 0 Å². The average molecular weight is 198 g/mol. The highest BCUT2D eigenvalue weighted by atomic mass is 16.2. The predicted octanol–water partition coefficient (Wildman–Crippen LogP) is 1.43. The van der Waals surface area contributed by atoms with Gasteiger partial charge in [-0.15, -0.1) is 0 Å². The molecule has 1 unspecified atom stereocenters. The van der Waals surface area contributed by atoms with Crippen molar-refractivity contribution >= 4 is 5.91 Å². The number of rotatable bonds is 6. The molecule has 1 atom stereocenters. The lowest BCUT2D eigenvalue weighted by Crippen LogP contribution is -2.46. The van der Waals surface area contributed by atoms with Gasteiger partial charge in [-0.3, -0.25) is 4.79 Å². The molecule has 1 aliphatic rings. The topological polar surface area (TPSA) is 41.1 Å². The van der Waals surface area contributed by atoms with Crippen LogP contribution in [0.2, 0.25) is 0 Å². The Kier molecular flexibility index (Phi) is 4.39. The molecule has 3 nitrogen and oxygen atoms in total. The van der Waals surface area contributed by atoms with E-state index < -0.39 is 0 Å². The van der Waals surface area contributed by atoms with Crippen LogP contribution in [0, 0.1) is 0 Å². The van der Waals surface area contributed by atoms with E-state index in [-0.39, 0.29) is 11.9 Å². The van der Waals surface area contributed by atoms with Crippen LogP contribution in [0.5, 0.6) is 0 Å². The lowest BCUT2D eigenvalue weighted by atomic mass is 10.1. The first-order valence-corrected chi connectivity index (χ1v) is 5.73. The van der Waals surface area contributed by atoms with E-state index in [1.807, 2.05) is 6.92 Å². The summed E-state index contributed by atoms with van der Waals surface area (Å²) in [5.74, 6) is 0.152. The van der Waals surface area contributed by atoms with Crippen LogP contribution in [0.25, 0.3) is 0 Å². The van der Waals surface area contributed by atoms with E-state index in [0.29, 0.717) is 12.1 Å². The largest absolute Gasteiger partial charge is 0.352 e. The molecule has 0 aromatic carbocycles. The van der Waals surface area contributed by atoms with Gasteiger partial charge in [0.25, 0.3) is 0 Å². The molecular weight excluding hydrogens is 176 g/mol. The minimum absolute atomic E-state index is 0.0551. The highest BCUT2D eigenvalue weighted by molar-refractivity contribution is 5.81. The van der Waals surface area contributed by atoms with Crippen LogP contribution in [0.15, 0.2) is 0 Å². The summed E-state index contributed by atoms with van der Waals surface area (Å²) in [7, 11) is 0. The van der Waals surface area contributed by atoms with Crippen LogP contribution < -0.4 is 10.6 Å². The summed E-state index contributed by atoms with van der Waals surface area (Å²) >= 11 is 0. The molecule has 0 bridgehead atoms. The molecule has 1 fully saturated rings. The summed E-state index contributed by atoms with van der Waals surface area (Å²) in [5, 5.41) is 6.34. The normalized spacial score (nSPS) is 18.3. The van der Waals surface area contributed by atoms with Crippen LogP contribution >= 0.6 is 0 Å². The summed E-state index contributed by atoms with van der Waals surface area (Å²) in [6.45, 7) is 6.23. The van der Waals surface area contributed by atoms with E-state index in [1.165, 1.54) is 0 Å². The van der Waals surface area contributed by atoms with E-state index in [0.717, 1.165) is 25.7 Å². The second kappa shape index (κ2) is 5.35. The fourth-order valence-corrected chi connectivity index (χ4v) is 1.51. The number of nitrogens with one attached hydrogen (secondary N) is 2. The minimum atomic E-state index is -0.0551. The maximum absolute atomic E-state index is 11.6. The van der Waals surface area contributed by atoms with Crippen molar-refractivity contribution in [1.82, 2.24) is 10.6 Å². The van der Waals surface area contributed by atoms with Crippen molar-refractivity contribution in [1.29, 1.82) is 0 Å². The zero-order valence-electron chi connectivity index (χ0n) is 9.47. The first-order valence-electron chi connectivity index (χ1n) is 5.73. The molecular formula is C11H22N2O. The molecule has 1 rings (SSSR count). The third-order valence-electron chi connectivity index (χ3n) is 2.79. The summed E-state index contributed by atoms with van der Waals surface area (Å²) in [6.07, 6.45) is 4.47. The molecule has 82 valence electrons. The molecule has 14 heavy (non-hydrogen) atoms. The highest BCUT2D eigenvalue weighted by Crippen LogP contribution is 2.18. The molecule has 0 saturated heterocycles. The van der Waals surface area contributed by atoms with Gasteiger partial charge in [0.2, 0.25) is 5.91 Å². The molecule has 0 spiro atoms. The zero-order chi connectivity index (χ0) is 10.6. The van der Waals surface area contributed by atoms with Gasteiger partial charge in [0.15, 0.2) is 0 Å². The highest BCUT2D eigenvalue weighted by Gasteiger charge is 2.25. The van der Waals surface area contributed by atoms with E-state index in [4.69, 9.17) is 0 Å². The lowest BCUT2D eigenvalue weighted by molar-refractivity contribution is -0.123. The van der Waals surface area contributed by atoms with Gasteiger partial charge in [0.1, 0.15) is 0 Å². The second-order valence-electron chi connectivity index (χ2n) is 4.18. The van der Waals surface area contributed by atoms with Crippen molar-refractivity contribution in [2.45, 2.75) is 64.6 Å². The van der Waals surface area contributed by atoms with Crippen LogP contribution in [-0.2, 0) is 4.79 Å². The summed E-state index contributed by atoms with van der Waals surface area (Å²) in [5.41, 5.74) is 0. The zero-order valence-corrected chi connectivity index (χ0v) is 9.47. The molecule has 0 aliphatic heterocycles. The van der Waals surface area contributed by atoms with Gasteiger partial charge < -0.3 is 10.6 Å². The molecule has 1 aliphatic carbocycles. The maximum Gasteiger partial charge on any atom is 0.237 e. The van der Waals surface area contributed by atoms with Crippen LogP contribution in [0.3, 0.4) is 0 Å². The number of amides is 1. The smallest absolute Gasteiger partial charge is 0.237 e. The van der Waals surface area contributed by atoms with Crippen molar-refractivity contribution < 1.29 is 4.79 Å². The number of carbonyl (C=O) groups excluding carboxylic acids is 1. The lowest BCUT2D eigenvalue weighted by Gasteiger charge is -2.20. The van der Waals surface area contributed by atoms with Crippen molar-refractivity contribution in [3.05, 3.63) is 0 Å². The van der Waals surface area contributed by atoms with Gasteiger partial charge in [-0.05, 0) is 32.6 Å². The van der Waals surface area contributed by atoms with E-state index >= 15 is 0 Å². The van der Waals surface area contributed by atoms with Gasteiger partial charge in [-0.1, -0.05) is 13.8 Å². The van der Waals surface area contributed by atoms with Crippen LogP contribution in [-0.4, -0.2) is 24.0 Å². The summed E-state index contributed by atoms with van der Waals surface area (Å²) in [6, 6.07) is 0.879. The Labute approximate surface area is 86.6 Å². The molecule has 3 heteroatoms. The number of carbonyl (C=O) groups is 1. The Balaban J connectivity index is 2.23. The molecule has 1 saturated carbocycles. The average Bonchev–Trinajstić information content (AvgIpc) is 2.97. The van der Waals surface area contributed by atoms with Gasteiger partial charge in [0.05, 0.1) is 6.04 Å². The first-order chi connectivity index (χ1) is 6.67. The monoisotopic (exact) mass is 198 g/mol. The van der Waals surface area contributed by atoms with Crippen molar-refractivity contribution in [3.8, 4) is 0 Å². The van der Waals surface area contributed by atoms with E-state index in [1.54, 1.807) is 0 Å². The van der Waals surface area contributed by atoms with Crippen molar-refractivity contribution in [3.63, 3.8) is 0 Å². The third-order valence-corrected chi connectivity index (χ3v) is 2.79. The summed E-state index contributed by atoms with van der Waals surface area (Å²) in [4.78, 5) is 11.6. The van der Waals surface area contributed by atoms with Gasteiger partial charge >= 0.3 is 0 Å². The molecule has 1 amide bonds. The molecule has 0 aromatic heterocycles. The Morgan fingerprint density at radius 1 is 1.36 bits per heavy atom. The molecule has 2 N–H and O–H groups in total. The fourth-order valence-electron chi connectivity index (χ4n) is 1.51. The molecule has 0 heterocycles. The van der Waals surface area contributed by atoms with Crippen molar-refractivity contribution in [2.24, 2.45) is 0 Å². The van der Waals surface area contributed by atoms with Crippen molar-refractivity contribution in [2.75, 3.05) is 0 Å². The fraction of sp³-hybridized carbons (Fsp3) is 0.909. The Bertz CT molecular complexity index is 186. The molecule has 0 aromatic rings. The third kappa shape index (κ3) is 3.66. The number of hydrogen-bond acceptors (Lipinski definition) is 2. The van der Waals surface area contributed by atoms with E-state index in [9.17, 15) is 4.79 Å². The number of hydrogen-bond donors (Lipinski definition) is 2. The predicted molar refractivity (Wildman–Crippen MR) is 58.1 cm³/mol. The summed E-state index contributed by atoms with van der Waals surface area (Å²) < 4.78 is 0. The van der Waals surface area contributed by atoms with Gasteiger partial charge in [-0.2, -0.15) is 0 Å².